The van der Waals surface area contributed by atoms with Crippen molar-refractivity contribution in [2.75, 3.05) is 10.6 Å². The number of nitrogens with one attached hydrogen (secondary N) is 2. The Morgan fingerprint density at radius 1 is 1.10 bits per heavy atom. The van der Waals surface area contributed by atoms with E-state index in [-0.39, 0.29) is 5.56 Å². The first-order valence-electron chi connectivity index (χ1n) is 9.83. The van der Waals surface area contributed by atoms with Gasteiger partial charge in [-0.25, -0.2) is 9.98 Å². The van der Waals surface area contributed by atoms with Gasteiger partial charge >= 0.3 is 0 Å². The number of aliphatic imine (C=N–C) groups is 1. The van der Waals surface area contributed by atoms with Gasteiger partial charge in [-0.2, -0.15) is 0 Å². The molecule has 0 fully saturated rings. The Morgan fingerprint density at radius 3 is 2.59 bits per heavy atom. The van der Waals surface area contributed by atoms with E-state index >= 15 is 0 Å². The monoisotopic (exact) mass is 387 g/mol. The van der Waals surface area contributed by atoms with E-state index in [1.807, 2.05) is 31.2 Å². The van der Waals surface area contributed by atoms with Crippen molar-refractivity contribution in [2.24, 2.45) is 4.99 Å². The van der Waals surface area contributed by atoms with Gasteiger partial charge < -0.3 is 5.32 Å². The summed E-state index contributed by atoms with van der Waals surface area (Å²) < 4.78 is 1.60. The van der Waals surface area contributed by atoms with Crippen LogP contribution in [-0.4, -0.2) is 15.5 Å². The van der Waals surface area contributed by atoms with Gasteiger partial charge in [-0.05, 0) is 55.5 Å². The minimum atomic E-state index is -0.481. The van der Waals surface area contributed by atoms with Crippen molar-refractivity contribution >= 4 is 17.6 Å². The highest BCUT2D eigenvalue weighted by Gasteiger charge is 2.25. The number of fused-ring (bicyclic) bond motifs is 1. The molecular formula is C23H25N5O. The van der Waals surface area contributed by atoms with Gasteiger partial charge in [0.1, 0.15) is 0 Å². The largest absolute Gasteiger partial charge is 0.326 e. The van der Waals surface area contributed by atoms with Crippen molar-refractivity contribution < 1.29 is 0 Å². The standard InChI is InChI=1S/C23H25N5O/c1-5-17-9-11-18(12-10-17)21-26-22(25-19-8-6-7-14(2)16(19)4)27-23-24-15(3)13-20(29)28(21)23/h6-13,21H,5H2,1-4H3,(H2,24,25,26,27)/t21-/m0/s1. The molecule has 0 unspecified atom stereocenters. The van der Waals surface area contributed by atoms with Crippen LogP contribution in [-0.2, 0) is 6.42 Å². The molecule has 148 valence electrons. The van der Waals surface area contributed by atoms with E-state index in [0.717, 1.165) is 23.2 Å². The second-order valence-corrected chi connectivity index (χ2v) is 7.37. The third-order valence-electron chi connectivity index (χ3n) is 5.35. The summed E-state index contributed by atoms with van der Waals surface area (Å²) in [6.07, 6.45) is 0.484. The molecule has 1 atom stereocenters. The fraction of sp³-hybridized carbons (Fsp3) is 0.261. The molecule has 4 rings (SSSR count). The first-order valence-corrected chi connectivity index (χ1v) is 9.83. The molecule has 0 aliphatic carbocycles. The molecule has 2 heterocycles. The van der Waals surface area contributed by atoms with Gasteiger partial charge in [0.15, 0.2) is 6.17 Å². The lowest BCUT2D eigenvalue weighted by Crippen LogP contribution is -2.37. The van der Waals surface area contributed by atoms with Gasteiger partial charge in [-0.3, -0.25) is 14.7 Å². The Bertz CT molecular complexity index is 1140. The van der Waals surface area contributed by atoms with E-state index in [9.17, 15) is 4.79 Å². The number of hydrogen-bond donors (Lipinski definition) is 2. The number of rotatable bonds is 3. The summed E-state index contributed by atoms with van der Waals surface area (Å²) in [6.45, 7) is 8.09. The molecule has 1 aliphatic heterocycles. The summed E-state index contributed by atoms with van der Waals surface area (Å²) in [6, 6.07) is 15.9. The normalized spacial score (nSPS) is 15.3. The van der Waals surface area contributed by atoms with Crippen LogP contribution in [0.4, 0.5) is 11.6 Å². The highest BCUT2D eigenvalue weighted by atomic mass is 16.1. The van der Waals surface area contributed by atoms with Crippen LogP contribution in [0.25, 0.3) is 0 Å². The zero-order chi connectivity index (χ0) is 20.5. The molecule has 29 heavy (non-hydrogen) atoms. The maximum absolute atomic E-state index is 12.7. The molecule has 0 saturated heterocycles. The number of guanidine groups is 1. The van der Waals surface area contributed by atoms with Gasteiger partial charge in [-0.1, -0.05) is 43.3 Å². The molecule has 2 N–H and O–H groups in total. The van der Waals surface area contributed by atoms with Gasteiger partial charge in [-0.15, -0.1) is 0 Å². The second-order valence-electron chi connectivity index (χ2n) is 7.37. The Morgan fingerprint density at radius 2 is 1.86 bits per heavy atom. The van der Waals surface area contributed by atoms with Crippen LogP contribution in [0.15, 0.2) is 58.3 Å². The second kappa shape index (κ2) is 7.54. The highest BCUT2D eigenvalue weighted by Crippen LogP contribution is 2.27. The van der Waals surface area contributed by atoms with Crippen molar-refractivity contribution in [1.82, 2.24) is 9.55 Å². The molecule has 2 aromatic carbocycles. The van der Waals surface area contributed by atoms with Crippen LogP contribution >= 0.6 is 0 Å². The number of aromatic nitrogens is 2. The average Bonchev–Trinajstić information content (AvgIpc) is 2.70. The Hall–Kier alpha value is -3.41. The highest BCUT2D eigenvalue weighted by molar-refractivity contribution is 6.04. The predicted molar refractivity (Wildman–Crippen MR) is 118 cm³/mol. The number of hydrogen-bond acceptors (Lipinski definition) is 5. The fourth-order valence-electron chi connectivity index (χ4n) is 3.48. The lowest BCUT2D eigenvalue weighted by Gasteiger charge is -2.27. The predicted octanol–water partition coefficient (Wildman–Crippen LogP) is 4.17. The number of benzene rings is 2. The van der Waals surface area contributed by atoms with Crippen LogP contribution in [0.1, 0.15) is 41.0 Å². The average molecular weight is 387 g/mol. The van der Waals surface area contributed by atoms with Gasteiger partial charge in [0.2, 0.25) is 11.9 Å². The van der Waals surface area contributed by atoms with Crippen LogP contribution in [0.3, 0.4) is 0 Å². The lowest BCUT2D eigenvalue weighted by molar-refractivity contribution is 0.577. The molecule has 6 heteroatoms. The summed E-state index contributed by atoms with van der Waals surface area (Å²) in [4.78, 5) is 22.1. The van der Waals surface area contributed by atoms with Crippen LogP contribution < -0.4 is 16.2 Å². The third-order valence-corrected chi connectivity index (χ3v) is 5.35. The zero-order valence-corrected chi connectivity index (χ0v) is 17.2. The molecule has 0 amide bonds. The molecule has 0 bridgehead atoms. The van der Waals surface area contributed by atoms with Crippen molar-refractivity contribution in [1.29, 1.82) is 0 Å². The number of aryl methyl sites for hydroxylation is 3. The van der Waals surface area contributed by atoms with E-state index < -0.39 is 6.17 Å². The molecule has 0 spiro atoms. The third kappa shape index (κ3) is 3.66. The molecule has 0 saturated carbocycles. The fourth-order valence-corrected chi connectivity index (χ4v) is 3.48. The summed E-state index contributed by atoms with van der Waals surface area (Å²) in [5.74, 6) is 1.06. The van der Waals surface area contributed by atoms with E-state index in [2.05, 4.69) is 54.6 Å². The molecule has 6 nitrogen and oxygen atoms in total. The minimum Gasteiger partial charge on any atom is -0.326 e. The molecule has 1 aliphatic rings. The molecular weight excluding hydrogens is 362 g/mol. The van der Waals surface area contributed by atoms with E-state index in [1.54, 1.807) is 4.57 Å². The first-order chi connectivity index (χ1) is 14.0. The van der Waals surface area contributed by atoms with Crippen LogP contribution in [0.5, 0.6) is 0 Å². The molecule has 0 radical (unpaired) electrons. The zero-order valence-electron chi connectivity index (χ0n) is 17.2. The quantitative estimate of drug-likeness (QED) is 0.708. The van der Waals surface area contributed by atoms with E-state index in [1.165, 1.54) is 17.2 Å². The summed E-state index contributed by atoms with van der Waals surface area (Å²) in [5.41, 5.74) is 6.05. The van der Waals surface area contributed by atoms with Gasteiger partial charge in [0.05, 0.1) is 0 Å². The SMILES string of the molecule is CCc1ccc([C@H]2N=C(Nc3cccc(C)c3C)Nc3nc(C)cc(=O)n32)cc1. The van der Waals surface area contributed by atoms with Gasteiger partial charge in [0.25, 0.3) is 5.56 Å². The van der Waals surface area contributed by atoms with Crippen molar-refractivity contribution in [3.8, 4) is 0 Å². The summed E-state index contributed by atoms with van der Waals surface area (Å²) >= 11 is 0. The summed E-state index contributed by atoms with van der Waals surface area (Å²) in [7, 11) is 0. The Balaban J connectivity index is 1.80. The maximum Gasteiger partial charge on any atom is 0.257 e. The number of anilines is 2. The Kier molecular flexibility index (Phi) is 4.92. The molecule has 1 aromatic heterocycles. The summed E-state index contributed by atoms with van der Waals surface area (Å²) in [5, 5.41) is 6.56. The minimum absolute atomic E-state index is 0.126. The van der Waals surface area contributed by atoms with E-state index in [0.29, 0.717) is 17.6 Å². The molecule has 3 aromatic rings. The van der Waals surface area contributed by atoms with Gasteiger partial charge in [0, 0.05) is 17.4 Å². The topological polar surface area (TPSA) is 71.3 Å². The van der Waals surface area contributed by atoms with E-state index in [4.69, 9.17) is 4.99 Å². The van der Waals surface area contributed by atoms with Crippen LogP contribution in [0.2, 0.25) is 0 Å². The van der Waals surface area contributed by atoms with Crippen molar-refractivity contribution in [3.63, 3.8) is 0 Å². The first kappa shape index (κ1) is 18.9. The lowest BCUT2D eigenvalue weighted by atomic mass is 10.1. The number of nitrogens with zero attached hydrogens (tertiary/aromatic N) is 3. The van der Waals surface area contributed by atoms with Crippen molar-refractivity contribution in [2.45, 2.75) is 40.3 Å². The maximum atomic E-state index is 12.7. The smallest absolute Gasteiger partial charge is 0.257 e. The Labute approximate surface area is 170 Å². The van der Waals surface area contributed by atoms with Crippen molar-refractivity contribution in [3.05, 3.63) is 86.8 Å². The van der Waals surface area contributed by atoms with Crippen LogP contribution in [0, 0.1) is 20.8 Å².